The molecule has 0 atom stereocenters. The molecule has 4 rings (SSSR count). The van der Waals surface area contributed by atoms with Gasteiger partial charge in [-0.25, -0.2) is 0 Å². The van der Waals surface area contributed by atoms with E-state index in [1.54, 1.807) is 0 Å². The fraction of sp³-hybridized carbons (Fsp3) is 0.919. The molecule has 46 heavy (non-hydrogen) atoms. The lowest BCUT2D eigenvalue weighted by atomic mass is 9.78. The molecule has 3 N–H and O–H groups in total. The summed E-state index contributed by atoms with van der Waals surface area (Å²) in [5.74, 6) is 2.48. The molecule has 0 aliphatic carbocycles. The van der Waals surface area contributed by atoms with Crippen LogP contribution in [-0.4, -0.2) is 91.5 Å². The number of aromatic nitrogens is 3. The average Bonchev–Trinajstić information content (AvgIpc) is 2.81. The van der Waals surface area contributed by atoms with E-state index in [4.69, 9.17) is 15.0 Å². The summed E-state index contributed by atoms with van der Waals surface area (Å²) >= 11 is 0. The summed E-state index contributed by atoms with van der Waals surface area (Å²) < 4.78 is 0. The average molecular weight is 642 g/mol. The zero-order valence-corrected chi connectivity index (χ0v) is 32.5. The summed E-state index contributed by atoms with van der Waals surface area (Å²) in [5, 5.41) is 11.7. The van der Waals surface area contributed by atoms with Crippen LogP contribution in [-0.2, 0) is 0 Å². The molecule has 9 nitrogen and oxygen atoms in total. The Labute approximate surface area is 282 Å². The van der Waals surface area contributed by atoms with Gasteiger partial charge in [0.1, 0.15) is 5.82 Å². The smallest absolute Gasteiger partial charge is 0.231 e. The Bertz CT molecular complexity index is 1140. The minimum Gasteiger partial charge on any atom is -0.338 e. The summed E-state index contributed by atoms with van der Waals surface area (Å²) in [4.78, 5) is 23.3. The van der Waals surface area contributed by atoms with E-state index in [1.165, 1.54) is 0 Å². The lowest BCUT2D eigenvalue weighted by molar-refractivity contribution is 0.0757. The summed E-state index contributed by atoms with van der Waals surface area (Å²) in [5.41, 5.74) is 0.256. The molecule has 0 spiro atoms. The normalized spacial score (nSPS) is 25.8. The Morgan fingerprint density at radius 1 is 0.565 bits per heavy atom. The fourth-order valence-corrected chi connectivity index (χ4v) is 9.74. The van der Waals surface area contributed by atoms with Crippen molar-refractivity contribution >= 4 is 11.9 Å². The van der Waals surface area contributed by atoms with E-state index < -0.39 is 0 Å². The van der Waals surface area contributed by atoms with Gasteiger partial charge in [-0.3, -0.25) is 4.90 Å². The molecular weight excluding hydrogens is 570 g/mol. The van der Waals surface area contributed by atoms with Gasteiger partial charge in [0.25, 0.3) is 0 Å². The van der Waals surface area contributed by atoms with E-state index in [-0.39, 0.29) is 33.2 Å². The first-order valence-corrected chi connectivity index (χ1v) is 18.2. The van der Waals surface area contributed by atoms with Crippen LogP contribution in [0.1, 0.15) is 147 Å². The molecule has 3 saturated heterocycles. The van der Waals surface area contributed by atoms with Crippen molar-refractivity contribution in [3.63, 3.8) is 0 Å². The van der Waals surface area contributed by atoms with Gasteiger partial charge < -0.3 is 25.8 Å². The Balaban J connectivity index is 1.76. The standard InChI is InChI=1S/C37H71N9/c1-16-17-18-45(28-21-34(7,8)42-35(9,10)22-28)30-38-26(2)39-31(40-30)46(29-23-36(11,12)43-37(13,14)24-29)25-44(15)27-19-32(3,4)41-33(5,6)20-27/h27-29,41-43H,16-25H2,1-15H3. The number of hydrogen-bond donors (Lipinski definition) is 3. The molecule has 0 unspecified atom stereocenters. The van der Waals surface area contributed by atoms with Gasteiger partial charge in [0.2, 0.25) is 11.9 Å². The van der Waals surface area contributed by atoms with Crippen molar-refractivity contribution in [2.45, 2.75) is 200 Å². The SMILES string of the molecule is CCCCN(c1nc(C)nc(N(CN(C)C2CC(C)(C)NC(C)(C)C2)C2CC(C)(C)NC(C)(C)C2)n1)C1CC(C)(C)NC(C)(C)C1. The number of rotatable bonds is 10. The minimum absolute atomic E-state index is 0.00626. The zero-order valence-electron chi connectivity index (χ0n) is 32.5. The third-order valence-electron chi connectivity index (χ3n) is 10.4. The van der Waals surface area contributed by atoms with Gasteiger partial charge in [-0.15, -0.1) is 0 Å². The molecule has 3 fully saturated rings. The topological polar surface area (TPSA) is 84.5 Å². The highest BCUT2D eigenvalue weighted by molar-refractivity contribution is 5.42. The van der Waals surface area contributed by atoms with Gasteiger partial charge in [-0.2, -0.15) is 15.0 Å². The monoisotopic (exact) mass is 642 g/mol. The Hall–Kier alpha value is -1.55. The summed E-state index contributed by atoms with van der Waals surface area (Å²) in [6.07, 6.45) is 8.66. The molecule has 0 bridgehead atoms. The van der Waals surface area contributed by atoms with Gasteiger partial charge in [-0.1, -0.05) is 13.3 Å². The number of anilines is 2. The molecule has 264 valence electrons. The molecule has 0 amide bonds. The van der Waals surface area contributed by atoms with Crippen LogP contribution in [0.4, 0.5) is 11.9 Å². The Morgan fingerprint density at radius 2 is 0.913 bits per heavy atom. The largest absolute Gasteiger partial charge is 0.338 e. The van der Waals surface area contributed by atoms with E-state index in [9.17, 15) is 0 Å². The molecule has 9 heteroatoms. The minimum atomic E-state index is 0.00626. The summed E-state index contributed by atoms with van der Waals surface area (Å²) in [6.45, 7) is 34.2. The Morgan fingerprint density at radius 3 is 1.30 bits per heavy atom. The summed E-state index contributed by atoms with van der Waals surface area (Å²) in [6, 6.07) is 1.12. The first-order valence-electron chi connectivity index (χ1n) is 18.2. The van der Waals surface area contributed by atoms with Crippen molar-refractivity contribution in [1.82, 2.24) is 35.8 Å². The van der Waals surface area contributed by atoms with Crippen LogP contribution in [0, 0.1) is 6.92 Å². The van der Waals surface area contributed by atoms with Crippen LogP contribution < -0.4 is 25.8 Å². The first kappa shape index (κ1) is 37.3. The molecule has 0 aromatic carbocycles. The zero-order chi connectivity index (χ0) is 34.5. The van der Waals surface area contributed by atoms with E-state index in [1.807, 2.05) is 0 Å². The number of hydrogen-bond acceptors (Lipinski definition) is 9. The fourth-order valence-electron chi connectivity index (χ4n) is 9.74. The molecular formula is C37H71N9. The van der Waals surface area contributed by atoms with Gasteiger partial charge in [0.15, 0.2) is 0 Å². The van der Waals surface area contributed by atoms with Gasteiger partial charge in [0, 0.05) is 57.9 Å². The van der Waals surface area contributed by atoms with Crippen molar-refractivity contribution in [3.8, 4) is 0 Å². The second kappa shape index (κ2) is 13.1. The Kier molecular flexibility index (Phi) is 10.6. The first-order chi connectivity index (χ1) is 20.9. The highest BCUT2D eigenvalue weighted by Gasteiger charge is 2.44. The van der Waals surface area contributed by atoms with Gasteiger partial charge >= 0.3 is 0 Å². The van der Waals surface area contributed by atoms with Crippen LogP contribution in [0.2, 0.25) is 0 Å². The third-order valence-corrected chi connectivity index (χ3v) is 10.4. The molecule has 3 aliphatic rings. The third kappa shape index (κ3) is 9.76. The van der Waals surface area contributed by atoms with Gasteiger partial charge in [-0.05, 0) is 142 Å². The van der Waals surface area contributed by atoms with Crippen molar-refractivity contribution in [3.05, 3.63) is 5.82 Å². The summed E-state index contributed by atoms with van der Waals surface area (Å²) in [7, 11) is 2.31. The lowest BCUT2D eigenvalue weighted by Gasteiger charge is -2.52. The molecule has 1 aromatic rings. The number of aryl methyl sites for hydroxylation is 1. The van der Waals surface area contributed by atoms with E-state index in [2.05, 4.69) is 135 Å². The van der Waals surface area contributed by atoms with E-state index in [0.717, 1.165) is 82.3 Å². The number of nitrogens with zero attached hydrogens (tertiary/aromatic N) is 6. The molecule has 1 aromatic heterocycles. The van der Waals surface area contributed by atoms with Crippen molar-refractivity contribution < 1.29 is 0 Å². The van der Waals surface area contributed by atoms with Crippen LogP contribution in [0.15, 0.2) is 0 Å². The maximum Gasteiger partial charge on any atom is 0.231 e. The molecule has 0 radical (unpaired) electrons. The van der Waals surface area contributed by atoms with Crippen LogP contribution in [0.5, 0.6) is 0 Å². The lowest BCUT2D eigenvalue weighted by Crippen LogP contribution is -2.65. The second-order valence-electron chi connectivity index (χ2n) is 19.3. The van der Waals surface area contributed by atoms with Crippen molar-refractivity contribution in [2.24, 2.45) is 0 Å². The van der Waals surface area contributed by atoms with E-state index >= 15 is 0 Å². The number of piperidine rings is 3. The number of nitrogens with one attached hydrogen (secondary N) is 3. The van der Waals surface area contributed by atoms with Gasteiger partial charge in [0.05, 0.1) is 6.67 Å². The predicted octanol–water partition coefficient (Wildman–Crippen LogP) is 6.41. The number of unbranched alkanes of at least 4 members (excludes halogenated alkanes) is 1. The highest BCUT2D eigenvalue weighted by atomic mass is 15.4. The van der Waals surface area contributed by atoms with Crippen LogP contribution in [0.25, 0.3) is 0 Å². The highest BCUT2D eigenvalue weighted by Crippen LogP contribution is 2.37. The van der Waals surface area contributed by atoms with E-state index in [0.29, 0.717) is 18.1 Å². The van der Waals surface area contributed by atoms with Crippen molar-refractivity contribution in [1.29, 1.82) is 0 Å². The van der Waals surface area contributed by atoms with Crippen LogP contribution >= 0.6 is 0 Å². The maximum absolute atomic E-state index is 5.43. The second-order valence-corrected chi connectivity index (χ2v) is 19.3. The molecule has 3 aliphatic heterocycles. The molecule has 4 heterocycles. The molecule has 0 saturated carbocycles. The van der Waals surface area contributed by atoms with Crippen LogP contribution in [0.3, 0.4) is 0 Å². The maximum atomic E-state index is 5.43. The van der Waals surface area contributed by atoms with Crippen molar-refractivity contribution in [2.75, 3.05) is 30.1 Å². The predicted molar refractivity (Wildman–Crippen MR) is 195 cm³/mol. The quantitative estimate of drug-likeness (QED) is 0.251.